The number of hydrogen-bond donors (Lipinski definition) is 2. The van der Waals surface area contributed by atoms with Crippen molar-refractivity contribution in [2.75, 3.05) is 26.4 Å². The Morgan fingerprint density at radius 1 is 0.392 bits per heavy atom. The molecule has 74 heavy (non-hydrogen) atoms. The molecule has 0 spiro atoms. The van der Waals surface area contributed by atoms with E-state index >= 15 is 0 Å². The molecule has 0 amide bonds. The summed E-state index contributed by atoms with van der Waals surface area (Å²) in [4.78, 5) is 48.6. The first-order valence-corrected chi connectivity index (χ1v) is 31.0. The van der Waals surface area contributed by atoms with Gasteiger partial charge in [0, 0.05) is 19.3 Å². The molecule has 0 aromatic heterocycles. The van der Waals surface area contributed by atoms with Gasteiger partial charge in [0.25, 0.3) is 0 Å². The molecule has 0 aliphatic heterocycles. The highest BCUT2D eigenvalue weighted by molar-refractivity contribution is 7.47. The Morgan fingerprint density at radius 2 is 0.703 bits per heavy atom. The Hall–Kier alpha value is -3.34. The average Bonchev–Trinajstić information content (AvgIpc) is 3.39. The fourth-order valence-electron chi connectivity index (χ4n) is 7.85. The minimum absolute atomic E-state index is 0.149. The van der Waals surface area contributed by atoms with E-state index in [2.05, 4.69) is 106 Å². The Morgan fingerprint density at radius 3 is 1.09 bits per heavy atom. The molecular formula is C62H107O11P. The maximum absolute atomic E-state index is 12.9. The Kier molecular flexibility index (Phi) is 53.4. The predicted molar refractivity (Wildman–Crippen MR) is 307 cm³/mol. The number of unbranched alkanes of at least 4 members (excludes halogenated alkanes) is 23. The number of hydrogen-bond acceptors (Lipinski definition) is 10. The summed E-state index contributed by atoms with van der Waals surface area (Å²) in [5.74, 6) is -1.50. The molecule has 3 unspecified atom stereocenters. The number of esters is 3. The Balaban J connectivity index is 4.76. The number of rotatable bonds is 54. The molecule has 3 atom stereocenters. The molecule has 0 heterocycles. The molecule has 0 saturated heterocycles. The number of ether oxygens (including phenoxy) is 3. The molecule has 426 valence electrons. The van der Waals surface area contributed by atoms with E-state index in [4.69, 9.17) is 23.3 Å². The lowest BCUT2D eigenvalue weighted by atomic mass is 10.1. The Labute approximate surface area is 451 Å². The summed E-state index contributed by atoms with van der Waals surface area (Å²) < 4.78 is 39.5. The van der Waals surface area contributed by atoms with Gasteiger partial charge < -0.3 is 24.2 Å². The van der Waals surface area contributed by atoms with E-state index in [-0.39, 0.29) is 25.9 Å². The topological polar surface area (TPSA) is 155 Å². The van der Waals surface area contributed by atoms with Crippen molar-refractivity contribution in [3.05, 3.63) is 85.1 Å². The van der Waals surface area contributed by atoms with E-state index in [1.165, 1.54) is 44.9 Å². The average molecular weight is 1060 g/mol. The SMILES string of the molecule is CC/C=C\C/C=C\C/C=C\CCCCCCCCCC(=O)OC(COC(=O)CCCCCCC/C=C\C/C=C\C/C=C\CC)COP(=O)(O)OCC(CO)OC(=O)CCCCCCC/C=C\CCCCCCCC. The van der Waals surface area contributed by atoms with Crippen molar-refractivity contribution < 1.29 is 52.2 Å². The van der Waals surface area contributed by atoms with Gasteiger partial charge in [-0.1, -0.05) is 209 Å². The van der Waals surface area contributed by atoms with E-state index in [1.807, 2.05) is 0 Å². The summed E-state index contributed by atoms with van der Waals surface area (Å²) in [5, 5.41) is 9.82. The van der Waals surface area contributed by atoms with Gasteiger partial charge in [-0.2, -0.15) is 0 Å². The predicted octanol–water partition coefficient (Wildman–Crippen LogP) is 17.5. The molecule has 0 rings (SSSR count). The van der Waals surface area contributed by atoms with Crippen molar-refractivity contribution in [2.45, 2.75) is 264 Å². The van der Waals surface area contributed by atoms with Gasteiger partial charge in [0.1, 0.15) is 12.7 Å². The molecule has 0 aromatic carbocycles. The smallest absolute Gasteiger partial charge is 0.462 e. The van der Waals surface area contributed by atoms with Crippen LogP contribution in [0.1, 0.15) is 252 Å². The molecule has 0 saturated carbocycles. The second kappa shape index (κ2) is 55.9. The lowest BCUT2D eigenvalue weighted by molar-refractivity contribution is -0.161. The third kappa shape index (κ3) is 53.5. The van der Waals surface area contributed by atoms with Crippen LogP contribution in [0, 0.1) is 0 Å². The van der Waals surface area contributed by atoms with Crippen molar-refractivity contribution in [3.63, 3.8) is 0 Å². The molecule has 0 fully saturated rings. The van der Waals surface area contributed by atoms with E-state index in [9.17, 15) is 28.9 Å². The number of phosphoric ester groups is 1. The van der Waals surface area contributed by atoms with Gasteiger partial charge in [0.05, 0.1) is 19.8 Å². The van der Waals surface area contributed by atoms with Gasteiger partial charge in [-0.3, -0.25) is 23.4 Å². The number of aliphatic hydroxyl groups excluding tert-OH is 1. The van der Waals surface area contributed by atoms with Gasteiger partial charge in [-0.05, 0) is 109 Å². The fourth-order valence-corrected chi connectivity index (χ4v) is 8.63. The summed E-state index contributed by atoms with van der Waals surface area (Å²) in [6.07, 6.45) is 63.9. The minimum atomic E-state index is -4.76. The van der Waals surface area contributed by atoms with Crippen molar-refractivity contribution in [2.24, 2.45) is 0 Å². The highest BCUT2D eigenvalue weighted by atomic mass is 31.2. The van der Waals surface area contributed by atoms with E-state index < -0.39 is 57.8 Å². The molecule has 0 bridgehead atoms. The first-order chi connectivity index (χ1) is 36.2. The highest BCUT2D eigenvalue weighted by Crippen LogP contribution is 2.43. The number of carbonyl (C=O) groups is 3. The maximum Gasteiger partial charge on any atom is 0.472 e. The van der Waals surface area contributed by atoms with Gasteiger partial charge in [0.15, 0.2) is 6.10 Å². The van der Waals surface area contributed by atoms with Gasteiger partial charge >= 0.3 is 25.7 Å². The molecule has 0 aliphatic rings. The second-order valence-corrected chi connectivity index (χ2v) is 20.8. The molecule has 12 heteroatoms. The van der Waals surface area contributed by atoms with Gasteiger partial charge in [-0.25, -0.2) is 4.57 Å². The van der Waals surface area contributed by atoms with Crippen molar-refractivity contribution in [1.29, 1.82) is 0 Å². The van der Waals surface area contributed by atoms with Crippen LogP contribution in [0.3, 0.4) is 0 Å². The number of carbonyl (C=O) groups excluding carboxylic acids is 3. The normalized spacial score (nSPS) is 14.0. The lowest BCUT2D eigenvalue weighted by Gasteiger charge is -2.21. The fraction of sp³-hybridized carbons (Fsp3) is 0.726. The third-order valence-electron chi connectivity index (χ3n) is 12.3. The van der Waals surface area contributed by atoms with Crippen LogP contribution in [-0.2, 0) is 42.2 Å². The largest absolute Gasteiger partial charge is 0.472 e. The molecule has 0 aromatic rings. The van der Waals surface area contributed by atoms with Crippen molar-refractivity contribution in [3.8, 4) is 0 Å². The van der Waals surface area contributed by atoms with E-state index in [0.29, 0.717) is 19.3 Å². The van der Waals surface area contributed by atoms with Gasteiger partial charge in [0.2, 0.25) is 0 Å². The van der Waals surface area contributed by atoms with Crippen molar-refractivity contribution in [1.82, 2.24) is 0 Å². The quantitative estimate of drug-likeness (QED) is 0.0197. The van der Waals surface area contributed by atoms with E-state index in [1.54, 1.807) is 0 Å². The zero-order valence-corrected chi connectivity index (χ0v) is 47.9. The number of aliphatic hydroxyl groups is 1. The number of phosphoric acid groups is 1. The molecule has 0 radical (unpaired) electrons. The second-order valence-electron chi connectivity index (χ2n) is 19.4. The standard InChI is InChI=1S/C62H107O11P/c1-4-7-10-13-16-19-22-25-28-29-32-35-38-41-44-47-50-53-62(66)73-59(55-69-60(64)51-48-45-42-39-36-33-30-26-23-20-17-14-11-8-5-2)57-71-74(67,68)70-56-58(54-63)72-61(65)52-49-46-43-40-37-34-31-27-24-21-18-15-12-9-6-3/h7-8,10-11,16-17,19-20,25-28,30-31,58-59,63H,4-6,9,12-15,18,21-24,29,32-57H2,1-3H3,(H,67,68)/b10-7-,11-8-,19-16-,20-17-,28-25-,30-26-,31-27-. The zero-order valence-electron chi connectivity index (χ0n) is 47.0. The minimum Gasteiger partial charge on any atom is -0.462 e. The first kappa shape index (κ1) is 70.7. The van der Waals surface area contributed by atoms with Crippen LogP contribution in [0.2, 0.25) is 0 Å². The summed E-state index contributed by atoms with van der Waals surface area (Å²) in [6.45, 7) is 4.39. The first-order valence-electron chi connectivity index (χ1n) is 29.5. The monoisotopic (exact) mass is 1060 g/mol. The Bertz CT molecular complexity index is 1560. The highest BCUT2D eigenvalue weighted by Gasteiger charge is 2.28. The van der Waals surface area contributed by atoms with Crippen LogP contribution in [0.4, 0.5) is 0 Å². The molecular weight excluding hydrogens is 952 g/mol. The van der Waals surface area contributed by atoms with Crippen molar-refractivity contribution >= 4 is 25.7 Å². The van der Waals surface area contributed by atoms with Crippen LogP contribution in [0.15, 0.2) is 85.1 Å². The maximum atomic E-state index is 12.9. The molecule has 2 N–H and O–H groups in total. The summed E-state index contributed by atoms with van der Waals surface area (Å²) >= 11 is 0. The van der Waals surface area contributed by atoms with Crippen LogP contribution in [0.25, 0.3) is 0 Å². The van der Waals surface area contributed by atoms with E-state index in [0.717, 1.165) is 148 Å². The molecule has 0 aliphatic carbocycles. The molecule has 11 nitrogen and oxygen atoms in total. The van der Waals surface area contributed by atoms with Gasteiger partial charge in [-0.15, -0.1) is 0 Å². The van der Waals surface area contributed by atoms with Crippen LogP contribution < -0.4 is 0 Å². The summed E-state index contributed by atoms with van der Waals surface area (Å²) in [6, 6.07) is 0. The zero-order chi connectivity index (χ0) is 54.1. The van der Waals surface area contributed by atoms with Crippen LogP contribution in [-0.4, -0.2) is 66.5 Å². The van der Waals surface area contributed by atoms with Crippen LogP contribution in [0.5, 0.6) is 0 Å². The lowest BCUT2D eigenvalue weighted by Crippen LogP contribution is -2.30. The summed E-state index contributed by atoms with van der Waals surface area (Å²) in [7, 11) is -4.76. The number of allylic oxidation sites excluding steroid dienone is 14. The van der Waals surface area contributed by atoms with Crippen LogP contribution >= 0.6 is 7.82 Å². The third-order valence-corrected chi connectivity index (χ3v) is 13.2. The summed E-state index contributed by atoms with van der Waals surface area (Å²) in [5.41, 5.74) is 0.